The van der Waals surface area contributed by atoms with E-state index >= 15 is 0 Å². The molecule has 11 nitrogen and oxygen atoms in total. The molecule has 4 heterocycles. The molecule has 0 saturated carbocycles. The molecule has 0 aromatic carbocycles. The molecule has 2 aromatic rings. The Morgan fingerprint density at radius 2 is 2.19 bits per heavy atom. The molecule has 2 amide bonds. The maximum absolute atomic E-state index is 12.7. The molecule has 2 aliphatic rings. The number of rotatable bonds is 8. The summed E-state index contributed by atoms with van der Waals surface area (Å²) in [5.41, 5.74) is 0.627. The van der Waals surface area contributed by atoms with Gasteiger partial charge in [0.2, 0.25) is 11.8 Å². The average Bonchev–Trinajstić information content (AvgIpc) is 3.37. The minimum atomic E-state index is -1.16. The van der Waals surface area contributed by atoms with Crippen molar-refractivity contribution in [1.82, 2.24) is 30.6 Å². The van der Waals surface area contributed by atoms with Crippen LogP contribution >= 0.6 is 34.9 Å². The number of carboxylic acids is 1. The van der Waals surface area contributed by atoms with Crippen LogP contribution < -0.4 is 5.32 Å². The highest BCUT2D eigenvalue weighted by Crippen LogP contribution is 2.41. The molecule has 14 heteroatoms. The van der Waals surface area contributed by atoms with Gasteiger partial charge in [-0.25, -0.2) is 4.79 Å². The molecule has 0 radical (unpaired) electrons. The van der Waals surface area contributed by atoms with Crippen molar-refractivity contribution in [3.63, 3.8) is 0 Å². The van der Waals surface area contributed by atoms with Gasteiger partial charge in [-0.15, -0.1) is 22.0 Å². The predicted molar refractivity (Wildman–Crippen MR) is 112 cm³/mol. The summed E-state index contributed by atoms with van der Waals surface area (Å²) in [6.07, 6.45) is 0.447. The average molecular weight is 483 g/mol. The van der Waals surface area contributed by atoms with Gasteiger partial charge in [-0.2, -0.15) is 4.98 Å². The van der Waals surface area contributed by atoms with Crippen LogP contribution in [0, 0.1) is 6.92 Å². The SMILES string of the molecule is CCc1nc(CC(=O)NC2C(=O)N3C(C(=O)O)=C(CSc4nnc(C)s4)CS[C@@H]23)no1. The quantitative estimate of drug-likeness (QED) is 0.407. The standard InChI is InChI=1S/C17H18N6O5S3/c1-3-11-18-9(22-28-11)4-10(24)19-12-14(25)23-13(16(26)27)8(5-29-15(12)23)6-30-17-21-20-7(2)31-17/h12,15H,3-6H2,1-2H3,(H,19,24)(H,26,27)/t12?,15-/m0/s1. The molecule has 2 aliphatic heterocycles. The zero-order chi connectivity index (χ0) is 22.1. The number of β-lactam (4-membered cyclic amide) rings is 1. The summed E-state index contributed by atoms with van der Waals surface area (Å²) in [5.74, 6) is -0.512. The molecule has 0 spiro atoms. The van der Waals surface area contributed by atoms with E-state index in [-0.39, 0.29) is 17.9 Å². The summed E-state index contributed by atoms with van der Waals surface area (Å²) in [4.78, 5) is 42.3. The molecule has 0 aliphatic carbocycles. The van der Waals surface area contributed by atoms with Crippen molar-refractivity contribution < 1.29 is 24.0 Å². The Bertz CT molecular complexity index is 1070. The van der Waals surface area contributed by atoms with Gasteiger partial charge in [0.05, 0.1) is 6.42 Å². The van der Waals surface area contributed by atoms with Crippen molar-refractivity contribution in [2.45, 2.75) is 42.4 Å². The largest absolute Gasteiger partial charge is 0.477 e. The van der Waals surface area contributed by atoms with Crippen molar-refractivity contribution in [2.75, 3.05) is 11.5 Å². The molecular weight excluding hydrogens is 464 g/mol. The Kier molecular flexibility index (Phi) is 6.29. The number of nitrogens with zero attached hydrogens (tertiary/aromatic N) is 5. The van der Waals surface area contributed by atoms with Crippen LogP contribution in [0.2, 0.25) is 0 Å². The molecule has 2 aromatic heterocycles. The van der Waals surface area contributed by atoms with Gasteiger partial charge in [0.15, 0.2) is 10.2 Å². The predicted octanol–water partition coefficient (Wildman–Crippen LogP) is 0.865. The number of aryl methyl sites for hydroxylation is 2. The third-order valence-corrected chi connectivity index (χ3v) is 7.97. The van der Waals surface area contributed by atoms with E-state index in [2.05, 4.69) is 25.7 Å². The first-order valence-electron chi connectivity index (χ1n) is 9.31. The van der Waals surface area contributed by atoms with Crippen LogP contribution in [0.15, 0.2) is 20.1 Å². The van der Waals surface area contributed by atoms with Crippen LogP contribution in [-0.2, 0) is 27.2 Å². The van der Waals surface area contributed by atoms with E-state index < -0.39 is 29.2 Å². The summed E-state index contributed by atoms with van der Waals surface area (Å²) in [6.45, 7) is 3.70. The lowest BCUT2D eigenvalue weighted by Gasteiger charge is -2.49. The molecule has 1 unspecified atom stereocenters. The van der Waals surface area contributed by atoms with Crippen LogP contribution in [0.4, 0.5) is 0 Å². The second kappa shape index (κ2) is 8.96. The lowest BCUT2D eigenvalue weighted by molar-refractivity contribution is -0.150. The fourth-order valence-corrected chi connectivity index (χ4v) is 6.45. The van der Waals surface area contributed by atoms with Gasteiger partial charge >= 0.3 is 5.97 Å². The molecule has 0 bridgehead atoms. The van der Waals surface area contributed by atoms with E-state index in [1.54, 1.807) is 0 Å². The number of fused-ring (bicyclic) bond motifs is 1. The fraction of sp³-hybridized carbons (Fsp3) is 0.471. The van der Waals surface area contributed by atoms with Crippen molar-refractivity contribution in [3.8, 4) is 0 Å². The van der Waals surface area contributed by atoms with Crippen LogP contribution in [0.5, 0.6) is 0 Å². The number of hydrogen-bond acceptors (Lipinski definition) is 11. The van der Waals surface area contributed by atoms with Gasteiger partial charge in [-0.05, 0) is 12.5 Å². The molecular formula is C17H18N6O5S3. The van der Waals surface area contributed by atoms with Crippen LogP contribution in [0.3, 0.4) is 0 Å². The lowest BCUT2D eigenvalue weighted by atomic mass is 10.0. The van der Waals surface area contributed by atoms with Crippen LogP contribution in [0.25, 0.3) is 0 Å². The van der Waals surface area contributed by atoms with Crippen molar-refractivity contribution in [2.24, 2.45) is 0 Å². The summed E-state index contributed by atoms with van der Waals surface area (Å²) in [6, 6.07) is -0.788. The van der Waals surface area contributed by atoms with Gasteiger partial charge < -0.3 is 14.9 Å². The number of aliphatic carboxylic acids is 1. The summed E-state index contributed by atoms with van der Waals surface area (Å²) >= 11 is 4.25. The van der Waals surface area contributed by atoms with Gasteiger partial charge in [0, 0.05) is 17.9 Å². The lowest BCUT2D eigenvalue weighted by Crippen LogP contribution is -2.70. The number of hydrogen-bond donors (Lipinski definition) is 2. The number of aromatic nitrogens is 4. The Hall–Kier alpha value is -2.45. The third-order valence-electron chi connectivity index (χ3n) is 4.57. The smallest absolute Gasteiger partial charge is 0.352 e. The van der Waals surface area contributed by atoms with Crippen molar-refractivity contribution >= 4 is 52.6 Å². The topological polar surface area (TPSA) is 151 Å². The van der Waals surface area contributed by atoms with E-state index in [9.17, 15) is 19.5 Å². The number of carbonyl (C=O) groups is 3. The van der Waals surface area contributed by atoms with Crippen LogP contribution in [-0.4, -0.2) is 71.0 Å². The Morgan fingerprint density at radius 1 is 1.39 bits per heavy atom. The molecule has 2 N–H and O–H groups in total. The Balaban J connectivity index is 1.41. The van der Waals surface area contributed by atoms with Gasteiger partial charge in [0.25, 0.3) is 5.91 Å². The number of nitrogens with one attached hydrogen (secondary N) is 1. The number of thioether (sulfide) groups is 2. The second-order valence-electron chi connectivity index (χ2n) is 6.72. The Labute approximate surface area is 189 Å². The normalized spacial score (nSPS) is 20.5. The highest BCUT2D eigenvalue weighted by atomic mass is 32.2. The van der Waals surface area contributed by atoms with Gasteiger partial charge in [0.1, 0.15) is 22.1 Å². The van der Waals surface area contributed by atoms with Crippen molar-refractivity contribution in [3.05, 3.63) is 28.0 Å². The maximum atomic E-state index is 12.7. The minimum absolute atomic E-state index is 0.0151. The summed E-state index contributed by atoms with van der Waals surface area (Å²) < 4.78 is 5.72. The second-order valence-corrected chi connectivity index (χ2v) is 10.2. The summed E-state index contributed by atoms with van der Waals surface area (Å²) in [5, 5.41) is 24.5. The first-order chi connectivity index (χ1) is 14.9. The third kappa shape index (κ3) is 4.45. The molecule has 4 rings (SSSR count). The van der Waals surface area contributed by atoms with Crippen LogP contribution in [0.1, 0.15) is 23.6 Å². The Morgan fingerprint density at radius 3 is 2.84 bits per heavy atom. The van der Waals surface area contributed by atoms with E-state index in [1.165, 1.54) is 39.8 Å². The van der Waals surface area contributed by atoms with Crippen molar-refractivity contribution in [1.29, 1.82) is 0 Å². The molecule has 31 heavy (non-hydrogen) atoms. The number of amides is 2. The first kappa shape index (κ1) is 21.8. The minimum Gasteiger partial charge on any atom is -0.477 e. The zero-order valence-electron chi connectivity index (χ0n) is 16.5. The molecule has 1 fully saturated rings. The highest BCUT2D eigenvalue weighted by Gasteiger charge is 2.54. The van der Waals surface area contributed by atoms with Gasteiger partial charge in [-0.1, -0.05) is 35.2 Å². The van der Waals surface area contributed by atoms with E-state index in [1.807, 2.05) is 13.8 Å². The number of carbonyl (C=O) groups excluding carboxylic acids is 2. The number of carboxylic acid groups (broad SMARTS) is 1. The zero-order valence-corrected chi connectivity index (χ0v) is 19.0. The van der Waals surface area contributed by atoms with Gasteiger partial charge in [-0.3, -0.25) is 14.5 Å². The monoisotopic (exact) mass is 482 g/mol. The fourth-order valence-electron chi connectivity index (χ4n) is 3.15. The molecule has 2 atom stereocenters. The van der Waals surface area contributed by atoms with E-state index in [0.29, 0.717) is 29.4 Å². The maximum Gasteiger partial charge on any atom is 0.352 e. The molecule has 164 valence electrons. The van der Waals surface area contributed by atoms with E-state index in [4.69, 9.17) is 4.52 Å². The van der Waals surface area contributed by atoms with E-state index in [0.717, 1.165) is 9.35 Å². The first-order valence-corrected chi connectivity index (χ1v) is 12.2. The highest BCUT2D eigenvalue weighted by molar-refractivity contribution is 8.01. The summed E-state index contributed by atoms with van der Waals surface area (Å²) in [7, 11) is 0. The molecule has 1 saturated heterocycles.